The van der Waals surface area contributed by atoms with E-state index >= 15 is 0 Å². The van der Waals surface area contributed by atoms with Crippen LogP contribution >= 0.6 is 0 Å². The summed E-state index contributed by atoms with van der Waals surface area (Å²) in [6.45, 7) is 3.26. The van der Waals surface area contributed by atoms with Crippen molar-refractivity contribution in [2.24, 2.45) is 5.92 Å². The van der Waals surface area contributed by atoms with Gasteiger partial charge in [0, 0.05) is 41.0 Å². The second-order valence-electron chi connectivity index (χ2n) is 7.97. The van der Waals surface area contributed by atoms with Gasteiger partial charge in [-0.15, -0.1) is 0 Å². The predicted molar refractivity (Wildman–Crippen MR) is 109 cm³/mol. The summed E-state index contributed by atoms with van der Waals surface area (Å²) >= 11 is 0. The maximum absolute atomic E-state index is 13.9. The number of pyridine rings is 2. The Morgan fingerprint density at radius 1 is 1.21 bits per heavy atom. The van der Waals surface area contributed by atoms with E-state index in [1.54, 1.807) is 12.3 Å². The smallest absolute Gasteiger partial charge is 0.228 e. The second-order valence-corrected chi connectivity index (χ2v) is 7.97. The third kappa shape index (κ3) is 3.60. The number of halogens is 1. The minimum absolute atomic E-state index is 0.0302. The highest BCUT2D eigenvalue weighted by Crippen LogP contribution is 2.35. The SMILES string of the molecule is Cc1ccc(F)cc1-c1cc2cnc(NC(=O)C3CC3)cc2c(C2CCOC2)n1. The molecule has 1 amide bonds. The zero-order valence-electron chi connectivity index (χ0n) is 16.2. The standard InChI is InChI=1S/C23H22FN3O2/c1-13-2-5-17(24)9-18(13)20-8-16-11-25-21(27-23(28)14-3-4-14)10-19(16)22(26-20)15-6-7-29-12-15/h2,5,8-11,14-15H,3-4,6-7,12H2,1H3,(H,25,27,28). The third-order valence-electron chi connectivity index (χ3n) is 5.74. The average Bonchev–Trinajstić information content (AvgIpc) is 3.44. The maximum Gasteiger partial charge on any atom is 0.228 e. The van der Waals surface area contributed by atoms with Crippen LogP contribution in [0, 0.1) is 18.7 Å². The molecule has 0 radical (unpaired) electrons. The van der Waals surface area contributed by atoms with Gasteiger partial charge in [-0.25, -0.2) is 9.37 Å². The summed E-state index contributed by atoms with van der Waals surface area (Å²) in [5, 5.41) is 4.80. The Labute approximate surface area is 168 Å². The summed E-state index contributed by atoms with van der Waals surface area (Å²) in [5.41, 5.74) is 3.39. The van der Waals surface area contributed by atoms with Gasteiger partial charge in [0.2, 0.25) is 5.91 Å². The summed E-state index contributed by atoms with van der Waals surface area (Å²) in [6.07, 6.45) is 4.54. The molecule has 5 rings (SSSR count). The summed E-state index contributed by atoms with van der Waals surface area (Å²) in [5.74, 6) is 0.579. The number of benzene rings is 1. The van der Waals surface area contributed by atoms with Crippen molar-refractivity contribution < 1.29 is 13.9 Å². The van der Waals surface area contributed by atoms with Gasteiger partial charge in [0.15, 0.2) is 0 Å². The van der Waals surface area contributed by atoms with Crippen LogP contribution < -0.4 is 5.32 Å². The Hall–Kier alpha value is -2.86. The molecular formula is C23H22FN3O2. The predicted octanol–water partition coefficient (Wildman–Crippen LogP) is 4.60. The fourth-order valence-corrected chi connectivity index (χ4v) is 3.88. The van der Waals surface area contributed by atoms with Gasteiger partial charge in [-0.2, -0.15) is 0 Å². The zero-order valence-corrected chi connectivity index (χ0v) is 16.2. The van der Waals surface area contributed by atoms with E-state index < -0.39 is 0 Å². The van der Waals surface area contributed by atoms with Crippen LogP contribution in [0.15, 0.2) is 36.5 Å². The van der Waals surface area contributed by atoms with Crippen molar-refractivity contribution >= 4 is 22.5 Å². The first-order chi connectivity index (χ1) is 14.1. The van der Waals surface area contributed by atoms with Crippen molar-refractivity contribution in [1.82, 2.24) is 9.97 Å². The Balaban J connectivity index is 1.63. The van der Waals surface area contributed by atoms with Crippen LogP contribution in [-0.2, 0) is 9.53 Å². The number of fused-ring (bicyclic) bond motifs is 1. The van der Waals surface area contributed by atoms with E-state index in [9.17, 15) is 9.18 Å². The van der Waals surface area contributed by atoms with Gasteiger partial charge in [-0.05, 0) is 56.0 Å². The monoisotopic (exact) mass is 391 g/mol. The first kappa shape index (κ1) is 18.2. The lowest BCUT2D eigenvalue weighted by Crippen LogP contribution is -2.14. The molecule has 6 heteroatoms. The molecule has 29 heavy (non-hydrogen) atoms. The molecule has 0 bridgehead atoms. The van der Waals surface area contributed by atoms with Gasteiger partial charge in [0.05, 0.1) is 18.0 Å². The number of hydrogen-bond acceptors (Lipinski definition) is 4. The van der Waals surface area contributed by atoms with Gasteiger partial charge in [0.25, 0.3) is 0 Å². The molecule has 148 valence electrons. The van der Waals surface area contributed by atoms with E-state index in [4.69, 9.17) is 9.72 Å². The summed E-state index contributed by atoms with van der Waals surface area (Å²) in [6, 6.07) is 8.59. The van der Waals surface area contributed by atoms with Crippen LogP contribution in [0.25, 0.3) is 22.0 Å². The number of aromatic nitrogens is 2. The van der Waals surface area contributed by atoms with Crippen LogP contribution in [0.2, 0.25) is 0 Å². The van der Waals surface area contributed by atoms with Gasteiger partial charge in [-0.1, -0.05) is 6.07 Å². The van der Waals surface area contributed by atoms with Crippen LogP contribution in [0.5, 0.6) is 0 Å². The summed E-state index contributed by atoms with van der Waals surface area (Å²) < 4.78 is 19.5. The molecule has 1 aromatic carbocycles. The second kappa shape index (κ2) is 7.19. The number of carbonyl (C=O) groups is 1. The molecule has 3 aromatic rings. The molecule has 1 saturated heterocycles. The molecule has 1 atom stereocenters. The molecule has 0 spiro atoms. The highest BCUT2D eigenvalue weighted by atomic mass is 19.1. The van der Waals surface area contributed by atoms with Crippen LogP contribution in [0.4, 0.5) is 10.2 Å². The van der Waals surface area contributed by atoms with E-state index in [-0.39, 0.29) is 23.6 Å². The lowest BCUT2D eigenvalue weighted by molar-refractivity contribution is -0.117. The molecule has 1 aliphatic carbocycles. The minimum atomic E-state index is -0.283. The number of amides is 1. The molecule has 1 unspecified atom stereocenters. The van der Waals surface area contributed by atoms with Gasteiger partial charge < -0.3 is 10.1 Å². The minimum Gasteiger partial charge on any atom is -0.381 e. The van der Waals surface area contributed by atoms with Crippen LogP contribution in [0.1, 0.15) is 36.4 Å². The number of nitrogens with one attached hydrogen (secondary N) is 1. The van der Waals surface area contributed by atoms with Gasteiger partial charge in [-0.3, -0.25) is 9.78 Å². The summed E-state index contributed by atoms with van der Waals surface area (Å²) in [7, 11) is 0. The molecule has 1 N–H and O–H groups in total. The summed E-state index contributed by atoms with van der Waals surface area (Å²) in [4.78, 5) is 21.5. The zero-order chi connectivity index (χ0) is 20.0. The Morgan fingerprint density at radius 2 is 2.07 bits per heavy atom. The van der Waals surface area contributed by atoms with E-state index in [0.717, 1.165) is 52.5 Å². The first-order valence-corrected chi connectivity index (χ1v) is 10.0. The Morgan fingerprint density at radius 3 is 2.83 bits per heavy atom. The lowest BCUT2D eigenvalue weighted by atomic mass is 9.96. The number of aryl methyl sites for hydroxylation is 1. The van der Waals surface area contributed by atoms with E-state index in [0.29, 0.717) is 19.0 Å². The largest absolute Gasteiger partial charge is 0.381 e. The highest BCUT2D eigenvalue weighted by molar-refractivity contribution is 5.96. The molecule has 2 fully saturated rings. The maximum atomic E-state index is 13.9. The normalized spacial score (nSPS) is 18.9. The number of anilines is 1. The topological polar surface area (TPSA) is 64.1 Å². The Kier molecular flexibility index (Phi) is 4.51. The number of rotatable bonds is 4. The number of nitrogens with zero attached hydrogens (tertiary/aromatic N) is 2. The number of ether oxygens (including phenoxy) is 1. The quantitative estimate of drug-likeness (QED) is 0.706. The first-order valence-electron chi connectivity index (χ1n) is 10.0. The number of hydrogen-bond donors (Lipinski definition) is 1. The van der Waals surface area contributed by atoms with Crippen molar-refractivity contribution in [1.29, 1.82) is 0 Å². The van der Waals surface area contributed by atoms with Crippen molar-refractivity contribution in [3.8, 4) is 11.3 Å². The van der Waals surface area contributed by atoms with Gasteiger partial charge in [0.1, 0.15) is 11.6 Å². The molecule has 3 heterocycles. The van der Waals surface area contributed by atoms with Crippen molar-refractivity contribution in [3.63, 3.8) is 0 Å². The fraction of sp³-hybridized carbons (Fsp3) is 0.348. The van der Waals surface area contributed by atoms with Crippen LogP contribution in [-0.4, -0.2) is 29.1 Å². The van der Waals surface area contributed by atoms with Crippen molar-refractivity contribution in [3.05, 3.63) is 53.6 Å². The van der Waals surface area contributed by atoms with E-state index in [2.05, 4.69) is 10.3 Å². The number of carbonyl (C=O) groups excluding carboxylic acids is 1. The molecule has 5 nitrogen and oxygen atoms in total. The molecule has 2 aromatic heterocycles. The molecule has 1 aliphatic heterocycles. The highest BCUT2D eigenvalue weighted by Gasteiger charge is 2.30. The third-order valence-corrected chi connectivity index (χ3v) is 5.74. The van der Waals surface area contributed by atoms with Crippen molar-refractivity contribution in [2.45, 2.75) is 32.1 Å². The molecular weight excluding hydrogens is 369 g/mol. The molecule has 1 saturated carbocycles. The van der Waals surface area contributed by atoms with Gasteiger partial charge >= 0.3 is 0 Å². The molecule has 2 aliphatic rings. The lowest BCUT2D eigenvalue weighted by Gasteiger charge is -2.15. The van der Waals surface area contributed by atoms with Crippen LogP contribution in [0.3, 0.4) is 0 Å². The Bertz CT molecular complexity index is 1100. The van der Waals surface area contributed by atoms with E-state index in [1.165, 1.54) is 12.1 Å². The average molecular weight is 391 g/mol. The van der Waals surface area contributed by atoms with E-state index in [1.807, 2.05) is 19.1 Å². The fourth-order valence-electron chi connectivity index (χ4n) is 3.88. The van der Waals surface area contributed by atoms with Crippen molar-refractivity contribution in [2.75, 3.05) is 18.5 Å².